The van der Waals surface area contributed by atoms with E-state index < -0.39 is 0 Å². The van der Waals surface area contributed by atoms with Crippen molar-refractivity contribution in [2.24, 2.45) is 5.73 Å². The zero-order valence-corrected chi connectivity index (χ0v) is 11.5. The van der Waals surface area contributed by atoms with Crippen LogP contribution in [0.5, 0.6) is 0 Å². The molecule has 104 valence electrons. The predicted octanol–water partition coefficient (Wildman–Crippen LogP) is 1.66. The lowest BCUT2D eigenvalue weighted by molar-refractivity contribution is 0.696. The van der Waals surface area contributed by atoms with Crippen LogP contribution in [0.3, 0.4) is 0 Å². The van der Waals surface area contributed by atoms with E-state index in [-0.39, 0.29) is 0 Å². The fourth-order valence-corrected chi connectivity index (χ4v) is 2.34. The number of nitrogens with two attached hydrogens (primary N) is 1. The summed E-state index contributed by atoms with van der Waals surface area (Å²) in [6.07, 6.45) is 6.61. The van der Waals surface area contributed by atoms with E-state index in [1.165, 1.54) is 0 Å². The maximum Gasteiger partial charge on any atom is 0.162 e. The molecule has 0 aliphatic heterocycles. The summed E-state index contributed by atoms with van der Waals surface area (Å²) in [6.45, 7) is 4.39. The van der Waals surface area contributed by atoms with Gasteiger partial charge in [0.2, 0.25) is 0 Å². The lowest BCUT2D eigenvalue weighted by Gasteiger charge is -2.04. The summed E-state index contributed by atoms with van der Waals surface area (Å²) in [6, 6.07) is 3.89. The van der Waals surface area contributed by atoms with Crippen molar-refractivity contribution in [3.05, 3.63) is 30.9 Å². The third-order valence-electron chi connectivity index (χ3n) is 3.20. The van der Waals surface area contributed by atoms with E-state index >= 15 is 0 Å². The predicted molar refractivity (Wildman–Crippen MR) is 78.1 cm³/mol. The third kappa shape index (κ3) is 2.18. The number of imidazole rings is 2. The molecule has 6 heteroatoms. The molecule has 0 saturated carbocycles. The van der Waals surface area contributed by atoms with Gasteiger partial charge in [-0.25, -0.2) is 15.0 Å². The zero-order valence-electron chi connectivity index (χ0n) is 11.5. The lowest BCUT2D eigenvalue weighted by atomic mass is 10.4. The van der Waals surface area contributed by atoms with Gasteiger partial charge in [0.15, 0.2) is 11.5 Å². The molecule has 0 fully saturated rings. The summed E-state index contributed by atoms with van der Waals surface area (Å²) in [5, 5.41) is 0. The molecule has 20 heavy (non-hydrogen) atoms. The Morgan fingerprint density at radius 1 is 1.25 bits per heavy atom. The Kier molecular flexibility index (Phi) is 3.47. The van der Waals surface area contributed by atoms with E-state index in [1.54, 1.807) is 12.5 Å². The average Bonchev–Trinajstić information content (AvgIpc) is 3.05. The molecule has 0 amide bonds. The first-order chi connectivity index (χ1) is 9.83. The monoisotopic (exact) mass is 270 g/mol. The Morgan fingerprint density at radius 2 is 2.15 bits per heavy atom. The second kappa shape index (κ2) is 5.42. The number of hydrogen-bond acceptors (Lipinski definition) is 4. The molecule has 3 heterocycles. The van der Waals surface area contributed by atoms with Crippen molar-refractivity contribution in [2.75, 3.05) is 6.54 Å². The van der Waals surface area contributed by atoms with Crippen molar-refractivity contribution >= 4 is 11.2 Å². The van der Waals surface area contributed by atoms with E-state index in [0.717, 1.165) is 42.2 Å². The first kappa shape index (κ1) is 12.8. The van der Waals surface area contributed by atoms with Gasteiger partial charge in [-0.2, -0.15) is 0 Å². The van der Waals surface area contributed by atoms with Crippen molar-refractivity contribution in [3.63, 3.8) is 0 Å². The van der Waals surface area contributed by atoms with E-state index in [2.05, 4.69) is 26.4 Å². The van der Waals surface area contributed by atoms with Crippen LogP contribution in [0.2, 0.25) is 0 Å². The summed E-state index contributed by atoms with van der Waals surface area (Å²) in [5.41, 5.74) is 8.25. The fraction of sp³-hybridized carbons (Fsp3) is 0.357. The molecule has 0 aliphatic rings. The van der Waals surface area contributed by atoms with Crippen molar-refractivity contribution in [3.8, 4) is 11.5 Å². The first-order valence-electron chi connectivity index (χ1n) is 6.87. The average molecular weight is 270 g/mol. The van der Waals surface area contributed by atoms with Gasteiger partial charge in [0.25, 0.3) is 0 Å². The van der Waals surface area contributed by atoms with Gasteiger partial charge < -0.3 is 14.9 Å². The van der Waals surface area contributed by atoms with Crippen LogP contribution < -0.4 is 5.73 Å². The number of hydrogen-bond donors (Lipinski definition) is 1. The number of rotatable bonds is 5. The minimum atomic E-state index is 0.600. The number of fused-ring (bicyclic) bond motifs is 1. The van der Waals surface area contributed by atoms with Gasteiger partial charge in [-0.1, -0.05) is 6.92 Å². The second-order valence-corrected chi connectivity index (χ2v) is 4.72. The Hall–Kier alpha value is -2.21. The summed E-state index contributed by atoms with van der Waals surface area (Å²) >= 11 is 0. The van der Waals surface area contributed by atoms with Crippen LogP contribution in [0.4, 0.5) is 0 Å². The smallest absolute Gasteiger partial charge is 0.162 e. The van der Waals surface area contributed by atoms with Gasteiger partial charge in [0, 0.05) is 32.0 Å². The number of aromatic nitrogens is 5. The summed E-state index contributed by atoms with van der Waals surface area (Å²) < 4.78 is 4.11. The second-order valence-electron chi connectivity index (χ2n) is 4.72. The van der Waals surface area contributed by atoms with Gasteiger partial charge in [0.1, 0.15) is 11.2 Å². The molecule has 0 atom stereocenters. The van der Waals surface area contributed by atoms with E-state index in [1.807, 2.05) is 22.9 Å². The van der Waals surface area contributed by atoms with Crippen molar-refractivity contribution in [2.45, 2.75) is 26.4 Å². The van der Waals surface area contributed by atoms with E-state index in [9.17, 15) is 0 Å². The molecule has 2 N–H and O–H groups in total. The van der Waals surface area contributed by atoms with Crippen molar-refractivity contribution in [1.82, 2.24) is 24.1 Å². The number of pyridine rings is 1. The van der Waals surface area contributed by atoms with Gasteiger partial charge in [-0.3, -0.25) is 0 Å². The molecule has 0 radical (unpaired) electrons. The highest BCUT2D eigenvalue weighted by atomic mass is 15.2. The number of aryl methyl sites for hydroxylation is 1. The largest absolute Gasteiger partial charge is 0.335 e. The molecule has 0 aliphatic carbocycles. The minimum absolute atomic E-state index is 0.600. The van der Waals surface area contributed by atoms with Crippen molar-refractivity contribution < 1.29 is 0 Å². The minimum Gasteiger partial charge on any atom is -0.335 e. The van der Waals surface area contributed by atoms with Crippen LogP contribution >= 0.6 is 0 Å². The summed E-state index contributed by atoms with van der Waals surface area (Å²) in [4.78, 5) is 13.5. The molecule has 6 nitrogen and oxygen atoms in total. The first-order valence-corrected chi connectivity index (χ1v) is 6.87. The topological polar surface area (TPSA) is 74.5 Å². The van der Waals surface area contributed by atoms with Gasteiger partial charge >= 0.3 is 0 Å². The van der Waals surface area contributed by atoms with Gasteiger partial charge in [-0.15, -0.1) is 0 Å². The molecule has 0 saturated heterocycles. The molecule has 0 spiro atoms. The van der Waals surface area contributed by atoms with Gasteiger partial charge in [-0.05, 0) is 18.6 Å². The highest BCUT2D eigenvalue weighted by Gasteiger charge is 2.14. The zero-order chi connectivity index (χ0) is 13.9. The summed E-state index contributed by atoms with van der Waals surface area (Å²) in [5.74, 6) is 0.872. The van der Waals surface area contributed by atoms with E-state index in [0.29, 0.717) is 6.54 Å². The normalized spacial score (nSPS) is 11.3. The molecule has 0 unspecified atom stereocenters. The number of nitrogens with zero attached hydrogens (tertiary/aromatic N) is 5. The summed E-state index contributed by atoms with van der Waals surface area (Å²) in [7, 11) is 0. The fourth-order valence-electron chi connectivity index (χ4n) is 2.34. The molecule has 3 rings (SSSR count). The standard InChI is InChI=1S/C14H18N6/c1-2-7-20-13-11(4-3-6-16-13)18-14(20)12-9-19(8-5-15)10-17-12/h3-4,6,9-10H,2,5,7-8,15H2,1H3. The molecule has 3 aromatic heterocycles. The SMILES string of the molecule is CCCn1c(-c2cn(CCN)cn2)nc2cccnc21. The Morgan fingerprint density at radius 3 is 2.95 bits per heavy atom. The van der Waals surface area contributed by atoms with Crippen molar-refractivity contribution in [1.29, 1.82) is 0 Å². The van der Waals surface area contributed by atoms with E-state index in [4.69, 9.17) is 5.73 Å². The molecule has 0 bridgehead atoms. The highest BCUT2D eigenvalue weighted by Crippen LogP contribution is 2.22. The molecular formula is C14H18N6. The maximum absolute atomic E-state index is 5.57. The Balaban J connectivity index is 2.11. The van der Waals surface area contributed by atoms with Crippen LogP contribution in [-0.2, 0) is 13.1 Å². The Labute approximate surface area is 117 Å². The Bertz CT molecular complexity index is 711. The quantitative estimate of drug-likeness (QED) is 0.765. The molecule has 3 aromatic rings. The maximum atomic E-state index is 5.57. The lowest BCUT2D eigenvalue weighted by Crippen LogP contribution is -2.07. The third-order valence-corrected chi connectivity index (χ3v) is 3.20. The molecule has 0 aromatic carbocycles. The highest BCUT2D eigenvalue weighted by molar-refractivity contribution is 5.76. The van der Waals surface area contributed by atoms with Crippen LogP contribution in [0.15, 0.2) is 30.9 Å². The van der Waals surface area contributed by atoms with Crippen LogP contribution in [0.1, 0.15) is 13.3 Å². The van der Waals surface area contributed by atoms with Crippen LogP contribution in [-0.4, -0.2) is 30.6 Å². The van der Waals surface area contributed by atoms with Crippen LogP contribution in [0.25, 0.3) is 22.7 Å². The van der Waals surface area contributed by atoms with Crippen LogP contribution in [0, 0.1) is 0 Å². The molecular weight excluding hydrogens is 252 g/mol. The van der Waals surface area contributed by atoms with Gasteiger partial charge in [0.05, 0.1) is 6.33 Å².